The van der Waals surface area contributed by atoms with Crippen LogP contribution >= 0.6 is 0 Å². The Hall–Kier alpha value is -0.170. The van der Waals surface area contributed by atoms with Gasteiger partial charge in [0.2, 0.25) is 10.0 Å². The maximum absolute atomic E-state index is 11.9. The van der Waals surface area contributed by atoms with Crippen molar-refractivity contribution in [2.24, 2.45) is 0 Å². The first-order valence-electron chi connectivity index (χ1n) is 8.43. The summed E-state index contributed by atoms with van der Waals surface area (Å²) in [7, 11) is -0.997. The van der Waals surface area contributed by atoms with Crippen LogP contribution in [-0.2, 0) is 10.0 Å². The molecule has 0 heterocycles. The molecule has 0 aromatic heterocycles. The standard InChI is InChI=1S/C15H33N3O2S/c1-3-10-16-11-6-7-14-21(19,20)17-12-13-18(2)15-8-4-5-9-15/h15-17H,3-14H2,1-2H3. The van der Waals surface area contributed by atoms with Crippen molar-refractivity contribution in [1.29, 1.82) is 0 Å². The fourth-order valence-electron chi connectivity index (χ4n) is 2.82. The van der Waals surface area contributed by atoms with E-state index in [1.165, 1.54) is 25.7 Å². The van der Waals surface area contributed by atoms with Crippen LogP contribution in [-0.4, -0.2) is 58.3 Å². The molecule has 0 aromatic carbocycles. The van der Waals surface area contributed by atoms with Gasteiger partial charge in [-0.25, -0.2) is 13.1 Å². The molecule has 1 rings (SSSR count). The van der Waals surface area contributed by atoms with Crippen LogP contribution < -0.4 is 10.0 Å². The first-order chi connectivity index (χ1) is 10.0. The second-order valence-corrected chi connectivity index (χ2v) is 8.02. The lowest BCUT2D eigenvalue weighted by Gasteiger charge is -2.23. The van der Waals surface area contributed by atoms with Crippen molar-refractivity contribution in [2.45, 2.75) is 57.9 Å². The zero-order chi connectivity index (χ0) is 15.6. The quantitative estimate of drug-likeness (QED) is 0.536. The van der Waals surface area contributed by atoms with Crippen molar-refractivity contribution in [3.63, 3.8) is 0 Å². The van der Waals surface area contributed by atoms with Gasteiger partial charge < -0.3 is 10.2 Å². The molecule has 0 spiro atoms. The molecule has 6 heteroatoms. The van der Waals surface area contributed by atoms with Crippen LogP contribution in [0.5, 0.6) is 0 Å². The highest BCUT2D eigenvalue weighted by atomic mass is 32.2. The molecule has 0 amide bonds. The van der Waals surface area contributed by atoms with Crippen molar-refractivity contribution >= 4 is 10.0 Å². The molecule has 0 aliphatic heterocycles. The maximum Gasteiger partial charge on any atom is 0.211 e. The Morgan fingerprint density at radius 1 is 1.10 bits per heavy atom. The molecule has 21 heavy (non-hydrogen) atoms. The number of nitrogens with zero attached hydrogens (tertiary/aromatic N) is 1. The summed E-state index contributed by atoms with van der Waals surface area (Å²) in [5, 5.41) is 3.29. The first kappa shape index (κ1) is 18.9. The number of rotatable bonds is 12. The second-order valence-electron chi connectivity index (χ2n) is 6.09. The molecule has 1 saturated carbocycles. The summed E-state index contributed by atoms with van der Waals surface area (Å²) in [4.78, 5) is 2.30. The second kappa shape index (κ2) is 10.5. The van der Waals surface area contributed by atoms with E-state index >= 15 is 0 Å². The third-order valence-electron chi connectivity index (χ3n) is 4.18. The van der Waals surface area contributed by atoms with Crippen molar-refractivity contribution in [2.75, 3.05) is 39.0 Å². The van der Waals surface area contributed by atoms with Crippen LogP contribution in [0.15, 0.2) is 0 Å². The summed E-state index contributed by atoms with van der Waals surface area (Å²) in [5.74, 6) is 0.244. The van der Waals surface area contributed by atoms with Gasteiger partial charge in [-0.2, -0.15) is 0 Å². The molecule has 0 aromatic rings. The van der Waals surface area contributed by atoms with Crippen LogP contribution in [0.2, 0.25) is 0 Å². The minimum atomic E-state index is -3.10. The Bertz CT molecular complexity index is 354. The molecule has 0 radical (unpaired) electrons. The maximum atomic E-state index is 11.9. The van der Waals surface area contributed by atoms with Gasteiger partial charge in [-0.15, -0.1) is 0 Å². The lowest BCUT2D eigenvalue weighted by atomic mass is 10.2. The van der Waals surface area contributed by atoms with Gasteiger partial charge in [-0.3, -0.25) is 0 Å². The third-order valence-corrected chi connectivity index (χ3v) is 5.65. The lowest BCUT2D eigenvalue weighted by molar-refractivity contribution is 0.250. The van der Waals surface area contributed by atoms with Crippen LogP contribution in [0.25, 0.3) is 0 Å². The topological polar surface area (TPSA) is 61.4 Å². The zero-order valence-corrected chi connectivity index (χ0v) is 14.6. The first-order valence-corrected chi connectivity index (χ1v) is 10.1. The smallest absolute Gasteiger partial charge is 0.211 e. The normalized spacial score (nSPS) is 16.9. The molecule has 1 aliphatic rings. The Kier molecular flexibility index (Phi) is 9.47. The molecule has 0 unspecified atom stereocenters. The van der Waals surface area contributed by atoms with Crippen LogP contribution in [0.1, 0.15) is 51.9 Å². The van der Waals surface area contributed by atoms with Gasteiger partial charge in [0.05, 0.1) is 5.75 Å². The minimum Gasteiger partial charge on any atom is -0.317 e. The van der Waals surface area contributed by atoms with Crippen molar-refractivity contribution < 1.29 is 8.42 Å². The summed E-state index contributed by atoms with van der Waals surface area (Å²) in [6, 6.07) is 0.652. The van der Waals surface area contributed by atoms with Gasteiger partial charge in [-0.1, -0.05) is 19.8 Å². The average Bonchev–Trinajstić information content (AvgIpc) is 2.96. The molecule has 0 bridgehead atoms. The van der Waals surface area contributed by atoms with E-state index in [2.05, 4.69) is 28.9 Å². The monoisotopic (exact) mass is 319 g/mol. The Morgan fingerprint density at radius 3 is 2.48 bits per heavy atom. The predicted octanol–water partition coefficient (Wildman–Crippen LogP) is 1.56. The fraction of sp³-hybridized carbons (Fsp3) is 1.00. The molecule has 0 saturated heterocycles. The van der Waals surface area contributed by atoms with Crippen LogP contribution in [0.4, 0.5) is 0 Å². The van der Waals surface area contributed by atoms with Gasteiger partial charge >= 0.3 is 0 Å². The van der Waals surface area contributed by atoms with Gasteiger partial charge in [0.25, 0.3) is 0 Å². The predicted molar refractivity (Wildman–Crippen MR) is 89.1 cm³/mol. The average molecular weight is 320 g/mol. The van der Waals surface area contributed by atoms with Gasteiger partial charge in [0, 0.05) is 19.1 Å². The Balaban J connectivity index is 2.06. The number of nitrogens with one attached hydrogen (secondary N) is 2. The van der Waals surface area contributed by atoms with Gasteiger partial charge in [-0.05, 0) is 52.2 Å². The SMILES string of the molecule is CCCNCCCCS(=O)(=O)NCCN(C)C1CCCC1. The zero-order valence-electron chi connectivity index (χ0n) is 13.7. The van der Waals surface area contributed by atoms with E-state index in [0.29, 0.717) is 12.6 Å². The van der Waals surface area contributed by atoms with E-state index in [4.69, 9.17) is 0 Å². The number of sulfonamides is 1. The van der Waals surface area contributed by atoms with Crippen molar-refractivity contribution in [3.8, 4) is 0 Å². The molecule has 1 aliphatic carbocycles. The summed E-state index contributed by atoms with van der Waals surface area (Å²) in [6.45, 7) is 5.39. The summed E-state index contributed by atoms with van der Waals surface area (Å²) >= 11 is 0. The lowest BCUT2D eigenvalue weighted by Crippen LogP contribution is -2.38. The summed E-state index contributed by atoms with van der Waals surface area (Å²) in [5.41, 5.74) is 0. The number of unbranched alkanes of at least 4 members (excludes halogenated alkanes) is 1. The van der Waals surface area contributed by atoms with Gasteiger partial charge in [0.1, 0.15) is 0 Å². The molecule has 5 nitrogen and oxygen atoms in total. The van der Waals surface area contributed by atoms with E-state index in [-0.39, 0.29) is 5.75 Å². The van der Waals surface area contributed by atoms with E-state index in [1.54, 1.807) is 0 Å². The van der Waals surface area contributed by atoms with E-state index in [0.717, 1.165) is 38.9 Å². The van der Waals surface area contributed by atoms with Crippen LogP contribution in [0.3, 0.4) is 0 Å². The van der Waals surface area contributed by atoms with E-state index in [1.807, 2.05) is 0 Å². The van der Waals surface area contributed by atoms with E-state index < -0.39 is 10.0 Å². The van der Waals surface area contributed by atoms with Gasteiger partial charge in [0.15, 0.2) is 0 Å². The highest BCUT2D eigenvalue weighted by Crippen LogP contribution is 2.21. The highest BCUT2D eigenvalue weighted by molar-refractivity contribution is 7.89. The Labute approximate surface area is 130 Å². The molecule has 1 fully saturated rings. The van der Waals surface area contributed by atoms with E-state index in [9.17, 15) is 8.42 Å². The van der Waals surface area contributed by atoms with Crippen LogP contribution in [0, 0.1) is 0 Å². The minimum absolute atomic E-state index is 0.244. The fourth-order valence-corrected chi connectivity index (χ4v) is 3.95. The highest BCUT2D eigenvalue weighted by Gasteiger charge is 2.19. The molecular formula is C15H33N3O2S. The summed E-state index contributed by atoms with van der Waals surface area (Å²) < 4.78 is 26.5. The Morgan fingerprint density at radius 2 is 1.81 bits per heavy atom. The van der Waals surface area contributed by atoms with Crippen molar-refractivity contribution in [1.82, 2.24) is 14.9 Å². The number of hydrogen-bond acceptors (Lipinski definition) is 4. The molecule has 0 atom stereocenters. The molecular weight excluding hydrogens is 286 g/mol. The third kappa shape index (κ3) is 8.76. The number of hydrogen-bond donors (Lipinski definition) is 2. The van der Waals surface area contributed by atoms with Crippen molar-refractivity contribution in [3.05, 3.63) is 0 Å². The summed E-state index contributed by atoms with van der Waals surface area (Å²) in [6.07, 6.45) is 7.91. The number of likely N-dealkylation sites (N-methyl/N-ethyl adjacent to an activating group) is 1. The molecule has 126 valence electrons. The largest absolute Gasteiger partial charge is 0.317 e. The molecule has 2 N–H and O–H groups in total.